The number of ketones is 5. The fraction of sp³-hybridized carbons (Fsp3) is 0.540. The lowest BCUT2D eigenvalue weighted by Gasteiger charge is -2.40. The number of aliphatic carboxylic acids is 4. The molecule has 0 bridgehead atoms. The van der Waals surface area contributed by atoms with Crippen molar-refractivity contribution in [1.29, 1.82) is 0 Å². The Morgan fingerprint density at radius 3 is 2.13 bits per heavy atom. The lowest BCUT2D eigenvalue weighted by Crippen LogP contribution is -2.55. The molecule has 0 radical (unpaired) electrons. The molecule has 4 aliphatic rings. The van der Waals surface area contributed by atoms with E-state index in [4.69, 9.17) is 32.4 Å². The van der Waals surface area contributed by atoms with Crippen LogP contribution in [-0.2, 0) is 64.0 Å². The van der Waals surface area contributed by atoms with E-state index >= 15 is 0 Å². The van der Waals surface area contributed by atoms with Crippen LogP contribution in [0.1, 0.15) is 121 Å². The molecular formula is C63H82N14O19S2. The molecule has 3 aromatic rings. The van der Waals surface area contributed by atoms with Crippen molar-refractivity contribution in [2.75, 3.05) is 49.4 Å². The number of anilines is 2. The second-order valence-electron chi connectivity index (χ2n) is 25.9. The Hall–Kier alpha value is -9.35. The highest BCUT2D eigenvalue weighted by molar-refractivity contribution is 8.76. The number of nitrogen functional groups attached to an aromatic ring is 1. The molecule has 2 aliphatic heterocycles. The quantitative estimate of drug-likeness (QED) is 0.0127. The van der Waals surface area contributed by atoms with Crippen LogP contribution in [0, 0.1) is 35.0 Å². The summed E-state index contributed by atoms with van der Waals surface area (Å²) in [6.45, 7) is 8.35. The van der Waals surface area contributed by atoms with Crippen molar-refractivity contribution in [3.63, 3.8) is 0 Å². The van der Waals surface area contributed by atoms with Gasteiger partial charge < -0.3 is 73.7 Å². The van der Waals surface area contributed by atoms with Crippen LogP contribution in [0.3, 0.4) is 0 Å². The van der Waals surface area contributed by atoms with E-state index in [1.165, 1.54) is 62.2 Å². The fourth-order valence-electron chi connectivity index (χ4n) is 12.6. The van der Waals surface area contributed by atoms with Crippen molar-refractivity contribution in [2.24, 2.45) is 57.2 Å². The van der Waals surface area contributed by atoms with Gasteiger partial charge in [-0.2, -0.15) is 4.98 Å². The third-order valence-electron chi connectivity index (χ3n) is 17.9. The summed E-state index contributed by atoms with van der Waals surface area (Å²) < 4.78 is 11.4. The number of nitrogens with two attached hydrogens (primary N) is 4. The third-order valence-corrected chi connectivity index (χ3v) is 20.3. The summed E-state index contributed by atoms with van der Waals surface area (Å²) in [5.41, 5.74) is 20.0. The maximum absolute atomic E-state index is 14.5. The number of ether oxygens (including phenoxy) is 2. The van der Waals surface area contributed by atoms with Gasteiger partial charge in [0.2, 0.25) is 17.6 Å². The number of aliphatic imine (C=N–C) groups is 1. The molecule has 1 aromatic carbocycles. The number of primary amides is 1. The first kappa shape index (κ1) is 76.0. The number of carboxylic acid groups (broad SMARTS) is 4. The van der Waals surface area contributed by atoms with Gasteiger partial charge in [-0.3, -0.25) is 68.0 Å². The first-order chi connectivity index (χ1) is 46.1. The number of carboxylic acids is 4. The number of H-pyrrole nitrogens is 1. The molecule has 7 rings (SSSR count). The van der Waals surface area contributed by atoms with Gasteiger partial charge in [0.25, 0.3) is 11.5 Å². The second-order valence-corrected chi connectivity index (χ2v) is 28.5. The summed E-state index contributed by atoms with van der Waals surface area (Å²) in [6, 6.07) is 0.767. The largest absolute Gasteiger partial charge is 0.481 e. The van der Waals surface area contributed by atoms with Crippen LogP contribution >= 0.6 is 21.6 Å². The molecule has 4 heterocycles. The lowest BCUT2D eigenvalue weighted by molar-refractivity contribution is -0.146. The average molecular weight is 1400 g/mol. The number of allylic oxidation sites excluding steroid dienone is 2. The monoisotopic (exact) mass is 1400 g/mol. The zero-order chi connectivity index (χ0) is 72.3. The topological polar surface area (TPSA) is 544 Å². The van der Waals surface area contributed by atoms with Crippen LogP contribution in [0.4, 0.5) is 16.4 Å². The normalized spacial score (nSPS) is 19.4. The third kappa shape index (κ3) is 18.8. The van der Waals surface area contributed by atoms with Gasteiger partial charge in [0.05, 0.1) is 66.4 Å². The number of nitrogens with zero attached hydrogens (tertiary/aromatic N) is 5. The number of carbonyl (C=O) groups excluding carboxylic acids is 8. The Balaban J connectivity index is 0.924. The van der Waals surface area contributed by atoms with E-state index in [0.717, 1.165) is 17.2 Å². The van der Waals surface area contributed by atoms with E-state index in [-0.39, 0.29) is 108 Å². The molecule has 2 fully saturated rings. The van der Waals surface area contributed by atoms with Gasteiger partial charge in [-0.15, -0.1) is 0 Å². The van der Waals surface area contributed by atoms with Crippen LogP contribution in [-0.4, -0.2) is 190 Å². The van der Waals surface area contributed by atoms with Crippen molar-refractivity contribution >= 4 is 121 Å². The Kier molecular flexibility index (Phi) is 25.1. The van der Waals surface area contributed by atoms with E-state index in [9.17, 15) is 82.8 Å². The van der Waals surface area contributed by atoms with E-state index < -0.39 is 156 Å². The van der Waals surface area contributed by atoms with Gasteiger partial charge in [-0.05, 0) is 94.9 Å². The van der Waals surface area contributed by atoms with E-state index in [1.54, 1.807) is 6.92 Å². The van der Waals surface area contributed by atoms with Gasteiger partial charge in [0, 0.05) is 90.8 Å². The molecule has 33 nitrogen and oxygen atoms in total. The number of benzene rings is 1. The Morgan fingerprint density at radius 1 is 0.837 bits per heavy atom. The van der Waals surface area contributed by atoms with Gasteiger partial charge in [-0.1, -0.05) is 35.4 Å². The summed E-state index contributed by atoms with van der Waals surface area (Å²) in [5, 5.41) is 50.7. The molecule has 1 saturated heterocycles. The molecule has 9 atom stereocenters. The highest BCUT2D eigenvalue weighted by atomic mass is 33.1. The second kappa shape index (κ2) is 32.3. The highest BCUT2D eigenvalue weighted by Gasteiger charge is 2.72. The molecule has 2 aliphatic carbocycles. The van der Waals surface area contributed by atoms with E-state index in [0.29, 0.717) is 41.2 Å². The zero-order valence-electron chi connectivity index (χ0n) is 54.8. The Labute approximate surface area is 569 Å². The SMILES string of the molecule is CO[C@@]12[C@H](COC(N)=O)C3=C(C(=O)C(C)=C(CC(C)(C)CCSSC[C@H](CC(=O)[C@H](CC(=O)O)NC(=O)[C@H](CCCN=C(N)N)CC(=O)[C@H](CC(=O)O)NC(C)(C)C(=O)CC[C@H](NC(=O)c4ccc(NCc5cnc6nc(N)[nH]c(=O)c6n5)cc4)C(=O)O)C(=O)O)C3=O)N1C[C@@H]1C[C@@H]12. The molecule has 0 unspecified atom stereocenters. The number of aromatic amines is 1. The summed E-state index contributed by atoms with van der Waals surface area (Å²) >= 11 is 0. The standard InChI is InChI=1S/C63H82N14O19S2/c1-29-36(51(86)47-38(27-96-60(67)94)63(95-6)37-18-32(37)26-77(63)49(47)50(29)85)23-61(2,3)15-17-97-98-28-33(56(90)91)20-42(78)40(21-45(81)82)73-54(88)31(8-7-16-68-58(64)65)19-43(79)41(22-46(83)84)76-62(4,5)44(80)14-13-39(57(92)93)72-53(87)30-9-11-34(12-10-30)69-24-35-25-70-52-48(71-35)55(89)75-59(66)74-52/h9-12,25,31-33,37-41,69,76H,7-8,13-24,26-28H2,1-6H3,(H2,67,94)(H,72,87)(H,73,88)(H,81,82)(H,83,84)(H,90,91)(H,92,93)(H4,64,65,68)(H3,66,70,74,75,89)/t31-,32+,33+,37+,38-,39+,40+,41+,63+/m1/s1. The summed E-state index contributed by atoms with van der Waals surface area (Å²) in [7, 11) is 3.92. The number of nitrogens with one attached hydrogen (secondary N) is 5. The lowest BCUT2D eigenvalue weighted by atomic mass is 9.74. The number of rotatable bonds is 40. The maximum Gasteiger partial charge on any atom is 0.404 e. The van der Waals surface area contributed by atoms with Crippen LogP contribution < -0.4 is 49.8 Å². The van der Waals surface area contributed by atoms with Gasteiger partial charge in [-0.25, -0.2) is 19.6 Å². The molecule has 530 valence electrons. The molecule has 0 spiro atoms. The van der Waals surface area contributed by atoms with Crippen molar-refractivity contribution in [2.45, 2.75) is 141 Å². The molecule has 35 heteroatoms. The number of hydrogen-bond donors (Lipinski definition) is 13. The Morgan fingerprint density at radius 2 is 1.50 bits per heavy atom. The summed E-state index contributed by atoms with van der Waals surface area (Å²) in [5.74, 6) is -14.5. The maximum atomic E-state index is 14.5. The number of hydrogen-bond acceptors (Lipinski definition) is 25. The predicted molar refractivity (Wildman–Crippen MR) is 355 cm³/mol. The fourth-order valence-corrected chi connectivity index (χ4v) is 15.2. The number of methoxy groups -OCH3 is 1. The minimum absolute atomic E-state index is 0.0206. The van der Waals surface area contributed by atoms with Crippen LogP contribution in [0.5, 0.6) is 0 Å². The van der Waals surface area contributed by atoms with Crippen LogP contribution in [0.15, 0.2) is 62.7 Å². The first-order valence-corrected chi connectivity index (χ1v) is 33.9. The smallest absolute Gasteiger partial charge is 0.404 e. The summed E-state index contributed by atoms with van der Waals surface area (Å²) in [6.07, 6.45) is -2.68. The molecule has 17 N–H and O–H groups in total. The zero-order valence-corrected chi connectivity index (χ0v) is 56.4. The van der Waals surface area contributed by atoms with Gasteiger partial charge in [0.1, 0.15) is 12.6 Å². The van der Waals surface area contributed by atoms with Crippen LogP contribution in [0.2, 0.25) is 0 Å². The molecule has 1 saturated carbocycles. The number of fused-ring (bicyclic) bond motifs is 5. The average Bonchev–Trinajstić information content (AvgIpc) is 1.50. The van der Waals surface area contributed by atoms with Gasteiger partial charge in [0.15, 0.2) is 46.0 Å². The van der Waals surface area contributed by atoms with Crippen LogP contribution in [0.25, 0.3) is 11.2 Å². The molecule has 3 amide bonds. The molecular weight excluding hydrogens is 1320 g/mol. The first-order valence-electron chi connectivity index (χ1n) is 31.4. The number of Topliss-reactive ketones (excluding diaryl/α,β-unsaturated/α-hetero) is 5. The van der Waals surface area contributed by atoms with E-state index in [2.05, 4.69) is 46.2 Å². The van der Waals surface area contributed by atoms with Crippen molar-refractivity contribution < 1.29 is 87.4 Å². The number of amides is 3. The number of carbonyl (C=O) groups is 12. The number of guanidine groups is 1. The molecule has 2 aromatic heterocycles. The number of piperidine rings is 1. The Bertz CT molecular complexity index is 3820. The number of aromatic nitrogens is 4. The van der Waals surface area contributed by atoms with Crippen molar-refractivity contribution in [3.05, 3.63) is 74.5 Å². The minimum Gasteiger partial charge on any atom is -0.481 e. The highest BCUT2D eigenvalue weighted by Crippen LogP contribution is 2.65. The van der Waals surface area contributed by atoms with Crippen molar-refractivity contribution in [1.82, 2.24) is 40.8 Å². The van der Waals surface area contributed by atoms with E-state index in [1.807, 2.05) is 18.7 Å². The van der Waals surface area contributed by atoms with Crippen molar-refractivity contribution in [3.8, 4) is 0 Å². The minimum atomic E-state index is -1.81. The molecule has 98 heavy (non-hydrogen) atoms. The van der Waals surface area contributed by atoms with Gasteiger partial charge >= 0.3 is 30.0 Å². The summed E-state index contributed by atoms with van der Waals surface area (Å²) in [4.78, 5) is 192. The predicted octanol–water partition coefficient (Wildman–Crippen LogP) is 1.83.